The zero-order valence-electron chi connectivity index (χ0n) is 13.1. The first-order chi connectivity index (χ1) is 10.8. The summed E-state index contributed by atoms with van der Waals surface area (Å²) in [5.41, 5.74) is 1.81. The van der Waals surface area contributed by atoms with Gasteiger partial charge in [0.25, 0.3) is 5.91 Å². The second-order valence-corrected chi connectivity index (χ2v) is 5.95. The second-order valence-electron chi connectivity index (χ2n) is 5.95. The summed E-state index contributed by atoms with van der Waals surface area (Å²) in [6.45, 7) is 2.99. The molecule has 1 aromatic carbocycles. The number of rotatable bonds is 5. The molecule has 2 aromatic rings. The van der Waals surface area contributed by atoms with Crippen LogP contribution in [0.25, 0.3) is 5.69 Å². The van der Waals surface area contributed by atoms with Gasteiger partial charge in [-0.3, -0.25) is 4.79 Å². The minimum absolute atomic E-state index is 0.172. The minimum Gasteiger partial charge on any atom is -0.336 e. The van der Waals surface area contributed by atoms with Crippen LogP contribution in [0.1, 0.15) is 49.4 Å². The summed E-state index contributed by atoms with van der Waals surface area (Å²) in [5.74, 6) is 0.172. The Morgan fingerprint density at radius 1 is 1.27 bits per heavy atom. The van der Waals surface area contributed by atoms with Gasteiger partial charge in [-0.05, 0) is 43.5 Å². The third-order valence-electron chi connectivity index (χ3n) is 4.41. The number of hydrogen-bond donors (Lipinski definition) is 0. The summed E-state index contributed by atoms with van der Waals surface area (Å²) in [5, 5.41) is 0. The van der Waals surface area contributed by atoms with Crippen LogP contribution < -0.4 is 0 Å². The molecule has 1 amide bonds. The lowest BCUT2D eigenvalue weighted by molar-refractivity contribution is 0.0681. The highest BCUT2D eigenvalue weighted by atomic mass is 16.2. The maximum absolute atomic E-state index is 12.8. The number of nitrogens with zero attached hydrogens (tertiary/aromatic N) is 3. The first-order valence-corrected chi connectivity index (χ1v) is 8.19. The average Bonchev–Trinajstić information content (AvgIpc) is 3.25. The van der Waals surface area contributed by atoms with Crippen LogP contribution in [-0.4, -0.2) is 32.9 Å². The van der Waals surface area contributed by atoms with E-state index in [4.69, 9.17) is 0 Å². The smallest absolute Gasteiger partial charge is 0.254 e. The number of hydrogen-bond acceptors (Lipinski definition) is 2. The van der Waals surface area contributed by atoms with E-state index in [-0.39, 0.29) is 5.91 Å². The zero-order valence-corrected chi connectivity index (χ0v) is 13.1. The molecule has 0 atom stereocenters. The van der Waals surface area contributed by atoms with E-state index in [0.717, 1.165) is 37.1 Å². The molecule has 22 heavy (non-hydrogen) atoms. The Balaban J connectivity index is 1.77. The maximum Gasteiger partial charge on any atom is 0.254 e. The van der Waals surface area contributed by atoms with Gasteiger partial charge < -0.3 is 9.47 Å². The van der Waals surface area contributed by atoms with Crippen LogP contribution in [-0.2, 0) is 0 Å². The van der Waals surface area contributed by atoms with Crippen LogP contribution in [0.5, 0.6) is 0 Å². The summed E-state index contributed by atoms with van der Waals surface area (Å²) in [6, 6.07) is 8.24. The molecule has 1 saturated carbocycles. The van der Waals surface area contributed by atoms with Crippen molar-refractivity contribution in [2.75, 3.05) is 6.54 Å². The van der Waals surface area contributed by atoms with Crippen molar-refractivity contribution in [2.45, 2.75) is 45.1 Å². The Bertz CT molecular complexity index is 598. The first-order valence-electron chi connectivity index (χ1n) is 8.19. The fourth-order valence-electron chi connectivity index (χ4n) is 3.26. The molecule has 0 unspecified atom stereocenters. The average molecular weight is 297 g/mol. The lowest BCUT2D eigenvalue weighted by atomic mass is 10.1. The molecule has 0 aliphatic heterocycles. The number of carbonyl (C=O) groups is 1. The fourth-order valence-corrected chi connectivity index (χ4v) is 3.26. The normalized spacial score (nSPS) is 15.1. The summed E-state index contributed by atoms with van der Waals surface area (Å²) in [4.78, 5) is 19.0. The molecule has 1 aromatic heterocycles. The SMILES string of the molecule is CCCN(C(=O)c1ccc(-n2ccnc2)cc1)C1CCCC1. The Labute approximate surface area is 131 Å². The van der Waals surface area contributed by atoms with Crippen LogP contribution >= 0.6 is 0 Å². The van der Waals surface area contributed by atoms with E-state index in [0.29, 0.717) is 6.04 Å². The quantitative estimate of drug-likeness (QED) is 0.844. The summed E-state index contributed by atoms with van der Waals surface area (Å²) < 4.78 is 1.94. The van der Waals surface area contributed by atoms with Crippen LogP contribution in [0.2, 0.25) is 0 Å². The van der Waals surface area contributed by atoms with Crippen LogP contribution in [0.3, 0.4) is 0 Å². The molecule has 0 bridgehead atoms. The number of imidazole rings is 1. The summed E-state index contributed by atoms with van der Waals surface area (Å²) >= 11 is 0. The van der Waals surface area contributed by atoms with Crippen molar-refractivity contribution < 1.29 is 4.79 Å². The van der Waals surface area contributed by atoms with E-state index in [1.165, 1.54) is 12.8 Å². The molecular formula is C18H23N3O. The second kappa shape index (κ2) is 6.77. The highest BCUT2D eigenvalue weighted by Crippen LogP contribution is 2.25. The standard InChI is InChI=1S/C18H23N3O/c1-2-12-21(17-5-3-4-6-17)18(22)15-7-9-16(10-8-15)20-13-11-19-14-20/h7-11,13-14,17H,2-6,12H2,1H3. The number of aromatic nitrogens is 2. The lowest BCUT2D eigenvalue weighted by Crippen LogP contribution is -2.39. The molecule has 3 rings (SSSR count). The van der Waals surface area contributed by atoms with Crippen molar-refractivity contribution in [1.29, 1.82) is 0 Å². The molecule has 0 radical (unpaired) electrons. The van der Waals surface area contributed by atoms with Crippen LogP contribution in [0, 0.1) is 0 Å². The van der Waals surface area contributed by atoms with Gasteiger partial charge in [0, 0.05) is 36.2 Å². The molecule has 0 saturated heterocycles. The van der Waals surface area contributed by atoms with E-state index in [2.05, 4.69) is 16.8 Å². The molecule has 1 aliphatic carbocycles. The van der Waals surface area contributed by atoms with Crippen molar-refractivity contribution in [2.24, 2.45) is 0 Å². The van der Waals surface area contributed by atoms with Gasteiger partial charge >= 0.3 is 0 Å². The van der Waals surface area contributed by atoms with E-state index >= 15 is 0 Å². The Hall–Kier alpha value is -2.10. The van der Waals surface area contributed by atoms with Crippen LogP contribution in [0.4, 0.5) is 0 Å². The van der Waals surface area contributed by atoms with E-state index in [1.807, 2.05) is 35.0 Å². The number of benzene rings is 1. The Morgan fingerprint density at radius 3 is 2.59 bits per heavy atom. The third-order valence-corrected chi connectivity index (χ3v) is 4.41. The van der Waals surface area contributed by atoms with Gasteiger partial charge in [-0.15, -0.1) is 0 Å². The molecule has 4 heteroatoms. The van der Waals surface area contributed by atoms with E-state index < -0.39 is 0 Å². The molecule has 116 valence electrons. The lowest BCUT2D eigenvalue weighted by Gasteiger charge is -2.28. The van der Waals surface area contributed by atoms with Crippen molar-refractivity contribution in [3.05, 3.63) is 48.5 Å². The topological polar surface area (TPSA) is 38.1 Å². The van der Waals surface area contributed by atoms with Gasteiger partial charge in [0.05, 0.1) is 6.33 Å². The van der Waals surface area contributed by atoms with Gasteiger partial charge in [0.15, 0.2) is 0 Å². The summed E-state index contributed by atoms with van der Waals surface area (Å²) in [7, 11) is 0. The largest absolute Gasteiger partial charge is 0.336 e. The Kier molecular flexibility index (Phi) is 4.56. The van der Waals surface area contributed by atoms with E-state index in [9.17, 15) is 4.79 Å². The zero-order chi connectivity index (χ0) is 15.4. The first kappa shape index (κ1) is 14.8. The molecule has 0 N–H and O–H groups in total. The third kappa shape index (κ3) is 3.06. The molecule has 1 heterocycles. The van der Waals surface area contributed by atoms with Crippen molar-refractivity contribution in [1.82, 2.24) is 14.5 Å². The van der Waals surface area contributed by atoms with Gasteiger partial charge in [-0.25, -0.2) is 4.98 Å². The van der Waals surface area contributed by atoms with Crippen molar-refractivity contribution in [3.63, 3.8) is 0 Å². The van der Waals surface area contributed by atoms with Gasteiger partial charge in [0.1, 0.15) is 0 Å². The predicted molar refractivity (Wildman–Crippen MR) is 87.1 cm³/mol. The highest BCUT2D eigenvalue weighted by Gasteiger charge is 2.26. The molecule has 1 fully saturated rings. The predicted octanol–water partition coefficient (Wildman–Crippen LogP) is 3.67. The van der Waals surface area contributed by atoms with Gasteiger partial charge in [-0.1, -0.05) is 19.8 Å². The summed E-state index contributed by atoms with van der Waals surface area (Å²) in [6.07, 6.45) is 11.2. The van der Waals surface area contributed by atoms with Gasteiger partial charge in [0.2, 0.25) is 0 Å². The Morgan fingerprint density at radius 2 is 2.00 bits per heavy atom. The molecular weight excluding hydrogens is 274 g/mol. The molecule has 1 aliphatic rings. The fraction of sp³-hybridized carbons (Fsp3) is 0.444. The minimum atomic E-state index is 0.172. The van der Waals surface area contributed by atoms with Crippen molar-refractivity contribution >= 4 is 5.91 Å². The number of carbonyl (C=O) groups excluding carboxylic acids is 1. The van der Waals surface area contributed by atoms with Crippen LogP contribution in [0.15, 0.2) is 43.0 Å². The molecule has 0 spiro atoms. The van der Waals surface area contributed by atoms with Gasteiger partial charge in [-0.2, -0.15) is 0 Å². The number of amides is 1. The molecule has 4 nitrogen and oxygen atoms in total. The van der Waals surface area contributed by atoms with E-state index in [1.54, 1.807) is 12.5 Å². The maximum atomic E-state index is 12.8. The highest BCUT2D eigenvalue weighted by molar-refractivity contribution is 5.94. The van der Waals surface area contributed by atoms with Crippen molar-refractivity contribution in [3.8, 4) is 5.69 Å². The monoisotopic (exact) mass is 297 g/mol.